The van der Waals surface area contributed by atoms with Gasteiger partial charge in [0.25, 0.3) is 0 Å². The summed E-state index contributed by atoms with van der Waals surface area (Å²) in [5.74, 6) is -3.40. The Bertz CT molecular complexity index is 1580. The number of rotatable bonds is 10. The predicted octanol–water partition coefficient (Wildman–Crippen LogP) is 3.70. The quantitative estimate of drug-likeness (QED) is 0.214. The standard InChI is InChI=1S/C28H22ClN5O6/c29-20-9-12-24(34-16-23(28(39)40)32-33-34)19(15-20)8-13-25(35)31-22(14-17-4-2-1-3-5-17)26(36)30-21-10-6-18(7-11-21)27(37)38/h1-13,15-16,22H,14H2,(H,30,36)(H,31,35)(H,37,38)(H,39,40)/t22-/m0/s1. The van der Waals surface area contributed by atoms with E-state index in [2.05, 4.69) is 20.9 Å². The lowest BCUT2D eigenvalue weighted by Crippen LogP contribution is -2.44. The average Bonchev–Trinajstić information content (AvgIpc) is 3.43. The van der Waals surface area contributed by atoms with Crippen LogP contribution in [0.4, 0.5) is 5.69 Å². The number of carboxylic acids is 2. The van der Waals surface area contributed by atoms with Gasteiger partial charge in [-0.2, -0.15) is 0 Å². The highest BCUT2D eigenvalue weighted by molar-refractivity contribution is 6.30. The number of carbonyl (C=O) groups excluding carboxylic acids is 2. The number of carboxylic acid groups (broad SMARTS) is 2. The summed E-state index contributed by atoms with van der Waals surface area (Å²) in [6, 6.07) is 18.6. The minimum atomic E-state index is -1.24. The minimum absolute atomic E-state index is 0.0720. The van der Waals surface area contributed by atoms with Gasteiger partial charge in [0.05, 0.1) is 17.4 Å². The van der Waals surface area contributed by atoms with E-state index >= 15 is 0 Å². The number of aromatic carboxylic acids is 2. The van der Waals surface area contributed by atoms with Crippen molar-refractivity contribution in [3.63, 3.8) is 0 Å². The van der Waals surface area contributed by atoms with E-state index in [0.29, 0.717) is 22.0 Å². The third-order valence-corrected chi connectivity index (χ3v) is 5.91. The molecule has 1 atom stereocenters. The second-order valence-corrected chi connectivity index (χ2v) is 8.95. The molecule has 11 nitrogen and oxygen atoms in total. The van der Waals surface area contributed by atoms with E-state index in [9.17, 15) is 19.2 Å². The van der Waals surface area contributed by atoms with Gasteiger partial charge in [0.2, 0.25) is 11.8 Å². The summed E-state index contributed by atoms with van der Waals surface area (Å²) in [6.07, 6.45) is 4.10. The average molecular weight is 560 g/mol. The van der Waals surface area contributed by atoms with Crippen LogP contribution in [0.2, 0.25) is 5.02 Å². The lowest BCUT2D eigenvalue weighted by Gasteiger charge is -2.18. The van der Waals surface area contributed by atoms with Gasteiger partial charge < -0.3 is 20.8 Å². The maximum atomic E-state index is 13.1. The molecule has 0 aliphatic heterocycles. The maximum Gasteiger partial charge on any atom is 0.358 e. The van der Waals surface area contributed by atoms with Crippen LogP contribution in [0.25, 0.3) is 11.8 Å². The molecule has 202 valence electrons. The Morgan fingerprint density at radius 3 is 2.33 bits per heavy atom. The van der Waals surface area contributed by atoms with Gasteiger partial charge in [0, 0.05) is 28.8 Å². The maximum absolute atomic E-state index is 13.1. The van der Waals surface area contributed by atoms with E-state index in [1.807, 2.05) is 30.3 Å². The smallest absolute Gasteiger partial charge is 0.358 e. The van der Waals surface area contributed by atoms with Crippen molar-refractivity contribution in [2.24, 2.45) is 0 Å². The number of hydrogen-bond donors (Lipinski definition) is 4. The van der Waals surface area contributed by atoms with E-state index < -0.39 is 29.8 Å². The van der Waals surface area contributed by atoms with Gasteiger partial charge in [-0.3, -0.25) is 9.59 Å². The highest BCUT2D eigenvalue weighted by atomic mass is 35.5. The van der Waals surface area contributed by atoms with Crippen LogP contribution in [-0.2, 0) is 16.0 Å². The topological polar surface area (TPSA) is 164 Å². The van der Waals surface area contributed by atoms with Crippen molar-refractivity contribution >= 4 is 47.1 Å². The molecule has 4 N–H and O–H groups in total. The Balaban J connectivity index is 1.53. The number of nitrogens with zero attached hydrogens (tertiary/aromatic N) is 3. The van der Waals surface area contributed by atoms with Crippen LogP contribution in [0.5, 0.6) is 0 Å². The number of hydrogen-bond acceptors (Lipinski definition) is 6. The van der Waals surface area contributed by atoms with Crippen LogP contribution in [0.1, 0.15) is 32.0 Å². The van der Waals surface area contributed by atoms with Crippen LogP contribution >= 0.6 is 11.6 Å². The summed E-state index contributed by atoms with van der Waals surface area (Å²) in [4.78, 5) is 48.4. The summed E-state index contributed by atoms with van der Waals surface area (Å²) in [6.45, 7) is 0. The lowest BCUT2D eigenvalue weighted by molar-refractivity contribution is -0.123. The number of amides is 2. The van der Waals surface area contributed by atoms with Gasteiger partial charge in [-0.05, 0) is 54.1 Å². The largest absolute Gasteiger partial charge is 0.478 e. The van der Waals surface area contributed by atoms with Crippen LogP contribution in [0, 0.1) is 0 Å². The monoisotopic (exact) mass is 559 g/mol. The number of carbonyl (C=O) groups is 4. The van der Waals surface area contributed by atoms with Gasteiger partial charge in [-0.15, -0.1) is 5.10 Å². The molecule has 1 heterocycles. The first-order valence-corrected chi connectivity index (χ1v) is 12.2. The van der Waals surface area contributed by atoms with Gasteiger partial charge in [0.1, 0.15) is 6.04 Å². The Morgan fingerprint density at radius 1 is 0.950 bits per heavy atom. The van der Waals surface area contributed by atoms with Crippen LogP contribution in [-0.4, -0.2) is 55.0 Å². The van der Waals surface area contributed by atoms with Crippen molar-refractivity contribution < 1.29 is 29.4 Å². The fourth-order valence-corrected chi connectivity index (χ4v) is 3.90. The van der Waals surface area contributed by atoms with E-state index in [1.54, 1.807) is 18.2 Å². The molecule has 0 unspecified atom stereocenters. The molecule has 2 amide bonds. The number of benzene rings is 3. The molecule has 40 heavy (non-hydrogen) atoms. The Labute approximate surface area is 232 Å². The van der Waals surface area contributed by atoms with Gasteiger partial charge in [-0.25, -0.2) is 14.3 Å². The molecular formula is C28H22ClN5O6. The molecule has 4 rings (SSSR count). The summed E-state index contributed by atoms with van der Waals surface area (Å²) in [7, 11) is 0. The summed E-state index contributed by atoms with van der Waals surface area (Å²) in [5, 5.41) is 31.4. The summed E-state index contributed by atoms with van der Waals surface area (Å²) in [5.41, 5.74) is 1.88. The molecule has 12 heteroatoms. The predicted molar refractivity (Wildman–Crippen MR) is 146 cm³/mol. The van der Waals surface area contributed by atoms with Crippen molar-refractivity contribution in [1.82, 2.24) is 20.3 Å². The number of anilines is 1. The van der Waals surface area contributed by atoms with Crippen molar-refractivity contribution in [2.75, 3.05) is 5.32 Å². The first-order chi connectivity index (χ1) is 19.2. The Hall–Kier alpha value is -5.29. The number of aromatic nitrogens is 3. The first-order valence-electron chi connectivity index (χ1n) is 11.8. The zero-order chi connectivity index (χ0) is 28.6. The fraction of sp³-hybridized carbons (Fsp3) is 0.0714. The third kappa shape index (κ3) is 7.17. The van der Waals surface area contributed by atoms with Crippen molar-refractivity contribution in [3.05, 3.63) is 112 Å². The normalized spacial score (nSPS) is 11.6. The van der Waals surface area contributed by atoms with Crippen LogP contribution < -0.4 is 10.6 Å². The second kappa shape index (κ2) is 12.5. The molecule has 0 saturated heterocycles. The lowest BCUT2D eigenvalue weighted by atomic mass is 10.0. The molecule has 0 saturated carbocycles. The number of halogens is 1. The highest BCUT2D eigenvalue weighted by Gasteiger charge is 2.21. The molecule has 4 aromatic rings. The molecule has 1 aromatic heterocycles. The Kier molecular flexibility index (Phi) is 8.67. The molecule has 0 aliphatic carbocycles. The van der Waals surface area contributed by atoms with Crippen LogP contribution in [0.15, 0.2) is 85.1 Å². The van der Waals surface area contributed by atoms with Gasteiger partial charge in [-0.1, -0.05) is 47.1 Å². The highest BCUT2D eigenvalue weighted by Crippen LogP contribution is 2.21. The van der Waals surface area contributed by atoms with E-state index in [4.69, 9.17) is 21.8 Å². The molecule has 0 fully saturated rings. The molecule has 3 aromatic carbocycles. The fourth-order valence-electron chi connectivity index (χ4n) is 3.72. The number of nitrogens with one attached hydrogen (secondary N) is 2. The molecule has 0 radical (unpaired) electrons. The molecule has 0 aliphatic rings. The zero-order valence-electron chi connectivity index (χ0n) is 20.7. The van der Waals surface area contributed by atoms with E-state index in [-0.39, 0.29) is 17.7 Å². The molecular weight excluding hydrogens is 538 g/mol. The Morgan fingerprint density at radius 2 is 1.68 bits per heavy atom. The SMILES string of the molecule is O=C(C=Cc1cc(Cl)ccc1-n1cc(C(=O)O)nn1)N[C@@H](Cc1ccccc1)C(=O)Nc1ccc(C(=O)O)cc1. The first kappa shape index (κ1) is 27.7. The summed E-state index contributed by atoms with van der Waals surface area (Å²) < 4.78 is 1.25. The third-order valence-electron chi connectivity index (χ3n) is 5.68. The van der Waals surface area contributed by atoms with Crippen molar-refractivity contribution in [2.45, 2.75) is 12.5 Å². The van der Waals surface area contributed by atoms with Crippen molar-refractivity contribution in [1.29, 1.82) is 0 Å². The van der Waals surface area contributed by atoms with Crippen molar-refractivity contribution in [3.8, 4) is 5.69 Å². The second-order valence-electron chi connectivity index (χ2n) is 8.51. The van der Waals surface area contributed by atoms with E-state index in [1.165, 1.54) is 47.3 Å². The van der Waals surface area contributed by atoms with E-state index in [0.717, 1.165) is 5.56 Å². The zero-order valence-corrected chi connectivity index (χ0v) is 21.4. The summed E-state index contributed by atoms with van der Waals surface area (Å²) >= 11 is 6.14. The van der Waals surface area contributed by atoms with Crippen LogP contribution in [0.3, 0.4) is 0 Å². The van der Waals surface area contributed by atoms with Gasteiger partial charge >= 0.3 is 11.9 Å². The van der Waals surface area contributed by atoms with Gasteiger partial charge in [0.15, 0.2) is 5.69 Å². The molecule has 0 spiro atoms. The minimum Gasteiger partial charge on any atom is -0.478 e. The molecule has 0 bridgehead atoms.